The number of hydrogen-bond donors (Lipinski definition) is 4. The van der Waals surface area contributed by atoms with E-state index < -0.39 is 36.3 Å². The van der Waals surface area contributed by atoms with E-state index in [1.165, 1.54) is 11.1 Å². The van der Waals surface area contributed by atoms with E-state index in [1.54, 1.807) is 18.2 Å². The van der Waals surface area contributed by atoms with Crippen molar-refractivity contribution in [2.75, 3.05) is 26.4 Å². The Balaban J connectivity index is 1.43. The number of rotatable bonds is 5. The van der Waals surface area contributed by atoms with Crippen LogP contribution in [0.4, 0.5) is 0 Å². The first-order valence-corrected chi connectivity index (χ1v) is 11.4. The summed E-state index contributed by atoms with van der Waals surface area (Å²) in [5.41, 5.74) is 3.25. The second-order valence-electron chi connectivity index (χ2n) is 8.90. The molecule has 0 spiro atoms. The van der Waals surface area contributed by atoms with E-state index in [0.717, 1.165) is 24.2 Å². The van der Waals surface area contributed by atoms with Crippen molar-refractivity contribution < 1.29 is 34.6 Å². The summed E-state index contributed by atoms with van der Waals surface area (Å²) in [6, 6.07) is 13.4. The van der Waals surface area contributed by atoms with Crippen LogP contribution in [-0.2, 0) is 26.4 Å². The average Bonchev–Trinajstić information content (AvgIpc) is 3.24. The minimum absolute atomic E-state index is 0.168. The summed E-state index contributed by atoms with van der Waals surface area (Å²) in [5, 5.41) is 41.9. The number of aliphatic hydroxyl groups excluding tert-OH is 4. The molecule has 0 aliphatic carbocycles. The Hall–Kier alpha value is -1.81. The van der Waals surface area contributed by atoms with Crippen LogP contribution < -0.4 is 0 Å². The lowest BCUT2D eigenvalue weighted by atomic mass is 9.83. The van der Waals surface area contributed by atoms with Gasteiger partial charge in [-0.05, 0) is 47.2 Å². The second-order valence-corrected chi connectivity index (χ2v) is 9.30. The molecule has 2 saturated heterocycles. The molecule has 0 radical (unpaired) electrons. The molecule has 3 heterocycles. The maximum Gasteiger partial charge on any atom is 0.225 e. The predicted octanol–water partition coefficient (Wildman–Crippen LogP) is 1.76. The highest BCUT2D eigenvalue weighted by molar-refractivity contribution is 6.31. The van der Waals surface area contributed by atoms with Crippen LogP contribution in [0.3, 0.4) is 0 Å². The van der Waals surface area contributed by atoms with Gasteiger partial charge in [0, 0.05) is 10.6 Å². The summed E-state index contributed by atoms with van der Waals surface area (Å²) in [6.07, 6.45) is -1.03. The zero-order valence-corrected chi connectivity index (χ0v) is 18.7. The Morgan fingerprint density at radius 2 is 1.82 bits per heavy atom. The van der Waals surface area contributed by atoms with Gasteiger partial charge in [-0.1, -0.05) is 48.0 Å². The third-order valence-electron chi connectivity index (χ3n) is 6.86. The molecule has 176 valence electrons. The molecule has 2 bridgehead atoms. The van der Waals surface area contributed by atoms with Gasteiger partial charge in [0.25, 0.3) is 0 Å². The smallest absolute Gasteiger partial charge is 0.225 e. The molecule has 0 saturated carbocycles. The van der Waals surface area contributed by atoms with E-state index in [-0.39, 0.29) is 6.61 Å². The van der Waals surface area contributed by atoms with E-state index in [0.29, 0.717) is 23.6 Å². The summed E-state index contributed by atoms with van der Waals surface area (Å²) in [5.74, 6) is -1.71. The number of hydrogen-bond acceptors (Lipinski definition) is 7. The van der Waals surface area contributed by atoms with Crippen LogP contribution in [0.1, 0.15) is 28.7 Å². The summed E-state index contributed by atoms with van der Waals surface area (Å²) in [4.78, 5) is 0. The lowest BCUT2D eigenvalue weighted by Gasteiger charge is -2.46. The van der Waals surface area contributed by atoms with Gasteiger partial charge in [-0.15, -0.1) is 0 Å². The van der Waals surface area contributed by atoms with Crippen LogP contribution in [0.2, 0.25) is 5.02 Å². The highest BCUT2D eigenvalue weighted by Crippen LogP contribution is 2.49. The lowest BCUT2D eigenvalue weighted by molar-refractivity contribution is -0.329. The molecular weight excluding hydrogens is 448 g/mol. The Morgan fingerprint density at radius 1 is 1.03 bits per heavy atom. The molecular formula is C25H27ClO7. The van der Waals surface area contributed by atoms with Crippen LogP contribution in [0, 0.1) is 0 Å². The zero-order valence-electron chi connectivity index (χ0n) is 18.0. The average molecular weight is 475 g/mol. The van der Waals surface area contributed by atoms with Crippen molar-refractivity contribution in [1.29, 1.82) is 0 Å². The number of benzene rings is 2. The number of fused-ring (bicyclic) bond motifs is 2. The molecule has 0 unspecified atom stereocenters. The first kappa shape index (κ1) is 23.0. The summed E-state index contributed by atoms with van der Waals surface area (Å²) in [7, 11) is 0. The molecule has 5 atom stereocenters. The monoisotopic (exact) mass is 474 g/mol. The molecule has 2 fully saturated rings. The van der Waals surface area contributed by atoms with Crippen molar-refractivity contribution in [3.63, 3.8) is 0 Å². The largest absolute Gasteiger partial charge is 0.393 e. The van der Waals surface area contributed by atoms with E-state index in [9.17, 15) is 20.4 Å². The van der Waals surface area contributed by atoms with Gasteiger partial charge in [0.1, 0.15) is 23.9 Å². The highest BCUT2D eigenvalue weighted by Gasteiger charge is 2.67. The van der Waals surface area contributed by atoms with Gasteiger partial charge in [-0.25, -0.2) is 0 Å². The molecule has 3 aliphatic heterocycles. The topological polar surface area (TPSA) is 109 Å². The molecule has 0 aromatic heterocycles. The molecule has 3 aliphatic rings. The second kappa shape index (κ2) is 8.76. The highest BCUT2D eigenvalue weighted by atomic mass is 35.5. The summed E-state index contributed by atoms with van der Waals surface area (Å²) >= 11 is 6.48. The Morgan fingerprint density at radius 3 is 2.52 bits per heavy atom. The number of aliphatic hydroxyl groups is 4. The summed E-state index contributed by atoms with van der Waals surface area (Å²) in [6.45, 7) is 0.645. The van der Waals surface area contributed by atoms with E-state index in [1.807, 2.05) is 0 Å². The zero-order chi connectivity index (χ0) is 23.2. The van der Waals surface area contributed by atoms with Crippen molar-refractivity contribution in [1.82, 2.24) is 0 Å². The van der Waals surface area contributed by atoms with Crippen molar-refractivity contribution >= 4 is 17.2 Å². The van der Waals surface area contributed by atoms with Gasteiger partial charge in [0.15, 0.2) is 0 Å². The van der Waals surface area contributed by atoms with Crippen LogP contribution in [0.5, 0.6) is 0 Å². The van der Waals surface area contributed by atoms with Gasteiger partial charge in [-0.3, -0.25) is 0 Å². The van der Waals surface area contributed by atoms with E-state index >= 15 is 0 Å². The minimum atomic E-state index is -1.71. The van der Waals surface area contributed by atoms with Crippen molar-refractivity contribution in [3.05, 3.63) is 75.8 Å². The van der Waals surface area contributed by atoms with E-state index in [2.05, 4.69) is 30.3 Å². The first-order valence-electron chi connectivity index (χ1n) is 11.0. The minimum Gasteiger partial charge on any atom is -0.393 e. The van der Waals surface area contributed by atoms with Crippen LogP contribution in [0.15, 0.2) is 48.5 Å². The molecule has 7 nitrogen and oxygen atoms in total. The van der Waals surface area contributed by atoms with Crippen LogP contribution in [-0.4, -0.2) is 70.8 Å². The lowest BCUT2D eigenvalue weighted by Crippen LogP contribution is -2.65. The van der Waals surface area contributed by atoms with Gasteiger partial charge in [0.2, 0.25) is 5.79 Å². The van der Waals surface area contributed by atoms with Crippen LogP contribution >= 0.6 is 11.6 Å². The fourth-order valence-corrected chi connectivity index (χ4v) is 5.03. The molecule has 5 rings (SSSR count). The Bertz CT molecular complexity index is 1060. The SMILES string of the molecule is OC[C@@]12CO[C@@](c3ccc(Cl)c(Cc4ccc(C5=CCOCC5)cc4)c3)(O1)[C@H](O)[C@@H](O)[C@@H]2O. The van der Waals surface area contributed by atoms with Crippen molar-refractivity contribution in [3.8, 4) is 0 Å². The normalized spacial score (nSPS) is 33.7. The summed E-state index contributed by atoms with van der Waals surface area (Å²) < 4.78 is 17.1. The Kier molecular flexibility index (Phi) is 6.09. The van der Waals surface area contributed by atoms with Gasteiger partial charge < -0.3 is 34.6 Å². The third-order valence-corrected chi connectivity index (χ3v) is 7.23. The van der Waals surface area contributed by atoms with Crippen molar-refractivity contribution in [2.45, 2.75) is 42.5 Å². The Labute approximate surface area is 196 Å². The van der Waals surface area contributed by atoms with Crippen LogP contribution in [0.25, 0.3) is 5.57 Å². The van der Waals surface area contributed by atoms with Gasteiger partial charge in [-0.2, -0.15) is 0 Å². The van der Waals surface area contributed by atoms with Gasteiger partial charge in [0.05, 0.1) is 26.4 Å². The van der Waals surface area contributed by atoms with Crippen molar-refractivity contribution in [2.24, 2.45) is 0 Å². The molecule has 2 aromatic rings. The number of halogens is 1. The molecule has 2 aromatic carbocycles. The predicted molar refractivity (Wildman–Crippen MR) is 121 cm³/mol. The third kappa shape index (κ3) is 3.83. The standard InChI is InChI=1S/C25H27ClO7/c26-20-6-5-19(25-23(30)21(28)22(29)24(13-27,33-25)14-32-25)12-18(20)11-15-1-3-16(4-2-15)17-7-9-31-10-8-17/h1-7,12,21-23,27-30H,8-11,13-14H2/t21-,22-,23+,24-,25-/m0/s1. The fourth-order valence-electron chi connectivity index (χ4n) is 4.85. The fraction of sp³-hybridized carbons (Fsp3) is 0.440. The van der Waals surface area contributed by atoms with Gasteiger partial charge >= 0.3 is 0 Å². The molecule has 0 amide bonds. The maximum atomic E-state index is 10.8. The number of ether oxygens (including phenoxy) is 3. The first-order chi connectivity index (χ1) is 15.9. The molecule has 8 heteroatoms. The van der Waals surface area contributed by atoms with E-state index in [4.69, 9.17) is 25.8 Å². The quantitative estimate of drug-likeness (QED) is 0.523. The molecule has 4 N–H and O–H groups in total. The molecule has 33 heavy (non-hydrogen) atoms. The maximum absolute atomic E-state index is 10.8.